The Morgan fingerprint density at radius 3 is 2.48 bits per heavy atom. The molecular weight excluding hydrogens is 317 g/mol. The topological polar surface area (TPSA) is 38.3 Å². The number of rotatable bonds is 4. The van der Waals surface area contributed by atoms with Gasteiger partial charge in [-0.05, 0) is 42.7 Å². The van der Waals surface area contributed by atoms with E-state index in [0.29, 0.717) is 16.5 Å². The summed E-state index contributed by atoms with van der Waals surface area (Å²) in [6.07, 6.45) is 2.46. The molecule has 0 atom stereocenters. The van der Waals surface area contributed by atoms with Gasteiger partial charge in [-0.3, -0.25) is 4.79 Å². The highest BCUT2D eigenvalue weighted by molar-refractivity contribution is 6.32. The van der Waals surface area contributed by atoms with Crippen LogP contribution in [0.5, 0.6) is 5.75 Å². The fraction of sp³-hybridized carbons (Fsp3) is 0.278. The molecule has 0 heterocycles. The minimum atomic E-state index is -0.610. The van der Waals surface area contributed by atoms with E-state index in [9.17, 15) is 9.18 Å². The first-order valence-electron chi connectivity index (χ1n) is 7.47. The molecule has 1 amide bonds. The number of hydrogen-bond acceptors (Lipinski definition) is 2. The van der Waals surface area contributed by atoms with Gasteiger partial charge in [0.25, 0.3) is 0 Å². The van der Waals surface area contributed by atoms with Gasteiger partial charge in [0.15, 0.2) is 5.75 Å². The average molecular weight is 334 g/mol. The first kappa shape index (κ1) is 15.8. The predicted octanol–water partition coefficient (Wildman–Crippen LogP) is 4.55. The number of carbonyl (C=O) groups excluding carboxylic acids is 1. The summed E-state index contributed by atoms with van der Waals surface area (Å²) >= 11 is 6.09. The maximum absolute atomic E-state index is 13.2. The van der Waals surface area contributed by atoms with Crippen LogP contribution in [0.2, 0.25) is 5.02 Å². The van der Waals surface area contributed by atoms with E-state index < -0.39 is 5.41 Å². The molecule has 0 aliphatic heterocycles. The zero-order valence-corrected chi connectivity index (χ0v) is 13.5. The molecule has 3 nitrogen and oxygen atoms in total. The Kier molecular flexibility index (Phi) is 4.26. The quantitative estimate of drug-likeness (QED) is 0.891. The summed E-state index contributed by atoms with van der Waals surface area (Å²) in [4.78, 5) is 12.9. The van der Waals surface area contributed by atoms with E-state index in [1.165, 1.54) is 19.2 Å². The van der Waals surface area contributed by atoms with Crippen molar-refractivity contribution < 1.29 is 13.9 Å². The van der Waals surface area contributed by atoms with Gasteiger partial charge in [-0.2, -0.15) is 0 Å². The molecule has 1 N–H and O–H groups in total. The fourth-order valence-corrected chi connectivity index (χ4v) is 3.25. The summed E-state index contributed by atoms with van der Waals surface area (Å²) in [5.41, 5.74) is 0.767. The van der Waals surface area contributed by atoms with E-state index in [2.05, 4.69) is 5.32 Å². The first-order chi connectivity index (χ1) is 11.1. The molecule has 2 aromatic carbocycles. The molecule has 0 unspecified atom stereocenters. The number of methoxy groups -OCH3 is 1. The van der Waals surface area contributed by atoms with Crippen molar-refractivity contribution in [1.82, 2.24) is 0 Å². The number of nitrogens with one attached hydrogen (secondary N) is 1. The van der Waals surface area contributed by atoms with Gasteiger partial charge in [-0.1, -0.05) is 36.2 Å². The second-order valence-corrected chi connectivity index (χ2v) is 6.12. The highest BCUT2D eigenvalue weighted by Gasteiger charge is 2.45. The van der Waals surface area contributed by atoms with Crippen LogP contribution in [-0.4, -0.2) is 13.0 Å². The third-order valence-electron chi connectivity index (χ3n) is 4.46. The monoisotopic (exact) mass is 333 g/mol. The molecule has 1 fully saturated rings. The maximum Gasteiger partial charge on any atom is 0.235 e. The number of amides is 1. The van der Waals surface area contributed by atoms with Crippen molar-refractivity contribution in [3.8, 4) is 5.75 Å². The first-order valence-corrected chi connectivity index (χ1v) is 7.84. The molecule has 2 aromatic rings. The highest BCUT2D eigenvalue weighted by atomic mass is 35.5. The molecule has 120 valence electrons. The van der Waals surface area contributed by atoms with Crippen molar-refractivity contribution in [3.63, 3.8) is 0 Å². The van der Waals surface area contributed by atoms with Gasteiger partial charge in [-0.15, -0.1) is 0 Å². The molecule has 0 radical (unpaired) electrons. The maximum atomic E-state index is 13.2. The Morgan fingerprint density at radius 1 is 1.22 bits per heavy atom. The summed E-state index contributed by atoms with van der Waals surface area (Å²) in [6.45, 7) is 0. The van der Waals surface area contributed by atoms with Crippen molar-refractivity contribution in [2.75, 3.05) is 12.4 Å². The van der Waals surface area contributed by atoms with Gasteiger partial charge in [0.1, 0.15) is 5.82 Å². The number of benzene rings is 2. The van der Waals surface area contributed by atoms with E-state index in [0.717, 1.165) is 24.8 Å². The van der Waals surface area contributed by atoms with Crippen LogP contribution in [0.25, 0.3) is 0 Å². The molecule has 1 saturated carbocycles. The number of anilines is 1. The van der Waals surface area contributed by atoms with E-state index in [1.54, 1.807) is 30.3 Å². The summed E-state index contributed by atoms with van der Waals surface area (Å²) in [6, 6.07) is 11.4. The second-order valence-electron chi connectivity index (χ2n) is 5.72. The Bertz CT molecular complexity index is 726. The van der Waals surface area contributed by atoms with Crippen molar-refractivity contribution in [2.45, 2.75) is 24.7 Å². The molecule has 3 rings (SSSR count). The summed E-state index contributed by atoms with van der Waals surface area (Å²) < 4.78 is 18.4. The lowest BCUT2D eigenvalue weighted by atomic mass is 9.64. The van der Waals surface area contributed by atoms with E-state index in [-0.39, 0.29) is 11.7 Å². The van der Waals surface area contributed by atoms with Crippen LogP contribution in [0.3, 0.4) is 0 Å². The van der Waals surface area contributed by atoms with Gasteiger partial charge in [0.05, 0.1) is 23.2 Å². The van der Waals surface area contributed by atoms with Gasteiger partial charge in [0.2, 0.25) is 5.91 Å². The van der Waals surface area contributed by atoms with Crippen LogP contribution in [0, 0.1) is 5.82 Å². The molecule has 1 aliphatic carbocycles. The van der Waals surface area contributed by atoms with Crippen molar-refractivity contribution in [2.24, 2.45) is 0 Å². The SMILES string of the molecule is COc1c(Cl)cccc1NC(=O)C1(c2ccc(F)cc2)CCC1. The smallest absolute Gasteiger partial charge is 0.235 e. The van der Waals surface area contributed by atoms with E-state index in [1.807, 2.05) is 0 Å². The summed E-state index contributed by atoms with van der Waals surface area (Å²) in [5.74, 6) is 0.0205. The molecule has 0 bridgehead atoms. The minimum Gasteiger partial charge on any atom is -0.493 e. The van der Waals surface area contributed by atoms with Gasteiger partial charge in [-0.25, -0.2) is 4.39 Å². The highest BCUT2D eigenvalue weighted by Crippen LogP contribution is 2.45. The predicted molar refractivity (Wildman–Crippen MR) is 88.6 cm³/mol. The molecule has 0 saturated heterocycles. The summed E-state index contributed by atoms with van der Waals surface area (Å²) in [5, 5.41) is 3.36. The number of halogens is 2. The zero-order valence-electron chi connectivity index (χ0n) is 12.7. The lowest BCUT2D eigenvalue weighted by Gasteiger charge is -2.40. The van der Waals surface area contributed by atoms with Crippen LogP contribution in [0.15, 0.2) is 42.5 Å². The average Bonchev–Trinajstić information content (AvgIpc) is 2.48. The molecule has 1 aliphatic rings. The van der Waals surface area contributed by atoms with Gasteiger partial charge >= 0.3 is 0 Å². The van der Waals surface area contributed by atoms with Crippen LogP contribution < -0.4 is 10.1 Å². The van der Waals surface area contributed by atoms with E-state index >= 15 is 0 Å². The van der Waals surface area contributed by atoms with Crippen LogP contribution >= 0.6 is 11.6 Å². The van der Waals surface area contributed by atoms with Crippen molar-refractivity contribution in [3.05, 3.63) is 58.9 Å². The number of hydrogen-bond donors (Lipinski definition) is 1. The van der Waals surface area contributed by atoms with Crippen molar-refractivity contribution >= 4 is 23.2 Å². The molecule has 5 heteroatoms. The zero-order chi connectivity index (χ0) is 16.4. The third kappa shape index (κ3) is 2.79. The molecule has 23 heavy (non-hydrogen) atoms. The third-order valence-corrected chi connectivity index (χ3v) is 4.76. The largest absolute Gasteiger partial charge is 0.493 e. The van der Waals surface area contributed by atoms with Crippen LogP contribution in [0.4, 0.5) is 10.1 Å². The standard InChI is InChI=1S/C18H17ClFNO2/c1-23-16-14(19)4-2-5-15(16)21-17(22)18(10-3-11-18)12-6-8-13(20)9-7-12/h2,4-9H,3,10-11H2,1H3,(H,21,22). The molecule has 0 aromatic heterocycles. The molecular formula is C18H17ClFNO2. The molecule has 0 spiro atoms. The minimum absolute atomic E-state index is 0.115. The lowest BCUT2D eigenvalue weighted by molar-refractivity contribution is -0.124. The van der Waals surface area contributed by atoms with Crippen LogP contribution in [-0.2, 0) is 10.2 Å². The number of ether oxygens (including phenoxy) is 1. The Hall–Kier alpha value is -2.07. The Labute approximate surface area is 139 Å². The lowest BCUT2D eigenvalue weighted by Crippen LogP contribution is -2.46. The fourth-order valence-electron chi connectivity index (χ4n) is 3.00. The van der Waals surface area contributed by atoms with Gasteiger partial charge < -0.3 is 10.1 Å². The van der Waals surface area contributed by atoms with E-state index in [4.69, 9.17) is 16.3 Å². The number of carbonyl (C=O) groups is 1. The number of para-hydroxylation sites is 1. The summed E-state index contributed by atoms with van der Waals surface area (Å²) in [7, 11) is 1.51. The normalized spacial score (nSPS) is 15.6. The van der Waals surface area contributed by atoms with Crippen LogP contribution in [0.1, 0.15) is 24.8 Å². The second kappa shape index (κ2) is 6.20. The van der Waals surface area contributed by atoms with Crippen molar-refractivity contribution in [1.29, 1.82) is 0 Å². The van der Waals surface area contributed by atoms with Gasteiger partial charge in [0, 0.05) is 0 Å². The Morgan fingerprint density at radius 2 is 1.91 bits per heavy atom. The Balaban J connectivity index is 1.90.